The summed E-state index contributed by atoms with van der Waals surface area (Å²) in [6.45, 7) is 4.53. The third-order valence-corrected chi connectivity index (χ3v) is 3.93. The van der Waals surface area contributed by atoms with Gasteiger partial charge in [-0.15, -0.1) is 0 Å². The fraction of sp³-hybridized carbons (Fsp3) is 0.471. The van der Waals surface area contributed by atoms with E-state index in [1.54, 1.807) is 0 Å². The second-order valence-electron chi connectivity index (χ2n) is 5.54. The summed E-state index contributed by atoms with van der Waals surface area (Å²) in [4.78, 5) is 12.2. The molecule has 1 aliphatic rings. The van der Waals surface area contributed by atoms with Crippen molar-refractivity contribution in [3.05, 3.63) is 30.5 Å². The van der Waals surface area contributed by atoms with E-state index in [9.17, 15) is 4.79 Å². The smallest absolute Gasteiger partial charge is 0.157 e. The van der Waals surface area contributed by atoms with Gasteiger partial charge in [0, 0.05) is 29.6 Å². The highest BCUT2D eigenvalue weighted by molar-refractivity contribution is 5.86. The summed E-state index contributed by atoms with van der Waals surface area (Å²) in [7, 11) is 0. The highest BCUT2D eigenvalue weighted by Gasteiger charge is 2.23. The van der Waals surface area contributed by atoms with Gasteiger partial charge in [-0.1, -0.05) is 6.92 Å². The lowest BCUT2D eigenvalue weighted by Gasteiger charge is -2.09. The van der Waals surface area contributed by atoms with Crippen molar-refractivity contribution >= 4 is 16.7 Å². The summed E-state index contributed by atoms with van der Waals surface area (Å²) in [6, 6.07) is 8.06. The minimum Gasteiger partial charge on any atom is -0.494 e. The molecule has 3 rings (SSSR count). The van der Waals surface area contributed by atoms with E-state index in [1.807, 2.05) is 35.0 Å². The van der Waals surface area contributed by atoms with Crippen LogP contribution in [0.1, 0.15) is 19.8 Å². The summed E-state index contributed by atoms with van der Waals surface area (Å²) in [5, 5.41) is 1.11. The molecular formula is C17H21NO3. The predicted octanol–water partition coefficient (Wildman–Crippen LogP) is 3.04. The van der Waals surface area contributed by atoms with Crippen LogP contribution in [0, 0.1) is 5.92 Å². The second kappa shape index (κ2) is 6.31. The summed E-state index contributed by atoms with van der Waals surface area (Å²) in [6.07, 6.45) is 3.83. The van der Waals surface area contributed by atoms with Gasteiger partial charge in [-0.25, -0.2) is 0 Å². The molecule has 0 aliphatic carbocycles. The molecule has 0 bridgehead atoms. The van der Waals surface area contributed by atoms with Crippen molar-refractivity contribution in [1.82, 2.24) is 4.57 Å². The Hall–Kier alpha value is -1.81. The monoisotopic (exact) mass is 287 g/mol. The topological polar surface area (TPSA) is 40.5 Å². The number of benzene rings is 1. The predicted molar refractivity (Wildman–Crippen MR) is 81.7 cm³/mol. The zero-order valence-corrected chi connectivity index (χ0v) is 12.4. The largest absolute Gasteiger partial charge is 0.494 e. The number of ether oxygens (including phenoxy) is 2. The fourth-order valence-electron chi connectivity index (χ4n) is 2.71. The Morgan fingerprint density at radius 2 is 2.33 bits per heavy atom. The third kappa shape index (κ3) is 3.10. The first-order valence-electron chi connectivity index (χ1n) is 7.60. The number of aromatic nitrogens is 1. The van der Waals surface area contributed by atoms with E-state index < -0.39 is 0 Å². The zero-order valence-electron chi connectivity index (χ0n) is 12.4. The number of fused-ring (bicyclic) bond motifs is 1. The maximum Gasteiger partial charge on any atom is 0.157 e. The van der Waals surface area contributed by atoms with Crippen molar-refractivity contribution in [2.24, 2.45) is 5.92 Å². The molecule has 1 aromatic carbocycles. The van der Waals surface area contributed by atoms with Crippen LogP contribution in [-0.4, -0.2) is 30.2 Å². The summed E-state index contributed by atoms with van der Waals surface area (Å²) in [5.41, 5.74) is 1.08. The number of hydrogen-bond donors (Lipinski definition) is 0. The molecule has 0 saturated carbocycles. The van der Waals surface area contributed by atoms with Crippen LogP contribution >= 0.6 is 0 Å². The Morgan fingerprint density at radius 3 is 3.10 bits per heavy atom. The van der Waals surface area contributed by atoms with Gasteiger partial charge in [0.1, 0.15) is 5.75 Å². The SMILES string of the molecule is CCCOc1ccc2c(ccn2CC(=O)C2CCOC2)c1. The molecule has 0 amide bonds. The van der Waals surface area contributed by atoms with Gasteiger partial charge < -0.3 is 14.0 Å². The first-order chi connectivity index (χ1) is 10.3. The molecule has 2 heterocycles. The van der Waals surface area contributed by atoms with Crippen LogP contribution in [0.3, 0.4) is 0 Å². The van der Waals surface area contributed by atoms with Crippen molar-refractivity contribution in [2.75, 3.05) is 19.8 Å². The zero-order chi connectivity index (χ0) is 14.7. The normalized spacial score (nSPS) is 18.2. The molecule has 0 radical (unpaired) electrons. The van der Waals surface area contributed by atoms with E-state index in [1.165, 1.54) is 0 Å². The van der Waals surface area contributed by atoms with Crippen LogP contribution in [0.4, 0.5) is 0 Å². The Kier molecular flexibility index (Phi) is 4.25. The molecule has 21 heavy (non-hydrogen) atoms. The number of nitrogens with zero attached hydrogens (tertiary/aromatic N) is 1. The molecule has 1 fully saturated rings. The molecule has 0 spiro atoms. The molecular weight excluding hydrogens is 266 g/mol. The molecule has 1 atom stereocenters. The lowest BCUT2D eigenvalue weighted by atomic mass is 10.0. The van der Waals surface area contributed by atoms with Gasteiger partial charge >= 0.3 is 0 Å². The molecule has 0 N–H and O–H groups in total. The minimum atomic E-state index is 0.0645. The summed E-state index contributed by atoms with van der Waals surface area (Å²) in [5.74, 6) is 1.21. The fourth-order valence-corrected chi connectivity index (χ4v) is 2.71. The Balaban J connectivity index is 1.75. The number of Topliss-reactive ketones (excluding diaryl/α,β-unsaturated/α-hetero) is 1. The molecule has 1 unspecified atom stereocenters. The van der Waals surface area contributed by atoms with Crippen LogP contribution in [-0.2, 0) is 16.1 Å². The van der Waals surface area contributed by atoms with Crippen molar-refractivity contribution in [2.45, 2.75) is 26.3 Å². The maximum absolute atomic E-state index is 12.2. The van der Waals surface area contributed by atoms with Crippen molar-refractivity contribution in [3.63, 3.8) is 0 Å². The van der Waals surface area contributed by atoms with Gasteiger partial charge in [-0.2, -0.15) is 0 Å². The minimum absolute atomic E-state index is 0.0645. The highest BCUT2D eigenvalue weighted by atomic mass is 16.5. The molecule has 4 heteroatoms. The average Bonchev–Trinajstić information content (AvgIpc) is 3.15. The van der Waals surface area contributed by atoms with Crippen LogP contribution < -0.4 is 4.74 Å². The summed E-state index contributed by atoms with van der Waals surface area (Å²) >= 11 is 0. The number of carbonyl (C=O) groups is 1. The van der Waals surface area contributed by atoms with Gasteiger partial charge in [0.25, 0.3) is 0 Å². The lowest BCUT2D eigenvalue weighted by molar-refractivity contribution is -0.123. The number of rotatable bonds is 6. The first kappa shape index (κ1) is 14.1. The number of hydrogen-bond acceptors (Lipinski definition) is 3. The number of ketones is 1. The Morgan fingerprint density at radius 1 is 1.43 bits per heavy atom. The molecule has 112 valence electrons. The van der Waals surface area contributed by atoms with E-state index in [2.05, 4.69) is 6.92 Å². The molecule has 1 aromatic heterocycles. The van der Waals surface area contributed by atoms with E-state index in [-0.39, 0.29) is 11.7 Å². The quantitative estimate of drug-likeness (QED) is 0.820. The van der Waals surface area contributed by atoms with Gasteiger partial charge in [-0.3, -0.25) is 4.79 Å². The second-order valence-corrected chi connectivity index (χ2v) is 5.54. The molecule has 1 saturated heterocycles. The number of carbonyl (C=O) groups excluding carboxylic acids is 1. The van der Waals surface area contributed by atoms with Crippen LogP contribution in [0.2, 0.25) is 0 Å². The van der Waals surface area contributed by atoms with Crippen LogP contribution in [0.25, 0.3) is 10.9 Å². The Bertz CT molecular complexity index is 626. The van der Waals surface area contributed by atoms with Crippen molar-refractivity contribution < 1.29 is 14.3 Å². The maximum atomic E-state index is 12.2. The first-order valence-corrected chi connectivity index (χ1v) is 7.60. The molecule has 2 aromatic rings. The van der Waals surface area contributed by atoms with E-state index in [0.29, 0.717) is 19.8 Å². The van der Waals surface area contributed by atoms with E-state index in [0.717, 1.165) is 36.1 Å². The third-order valence-electron chi connectivity index (χ3n) is 3.93. The summed E-state index contributed by atoms with van der Waals surface area (Å²) < 4.78 is 12.9. The van der Waals surface area contributed by atoms with Gasteiger partial charge in [-0.05, 0) is 37.1 Å². The van der Waals surface area contributed by atoms with Gasteiger partial charge in [0.05, 0.1) is 19.8 Å². The lowest BCUT2D eigenvalue weighted by Crippen LogP contribution is -2.19. The van der Waals surface area contributed by atoms with E-state index >= 15 is 0 Å². The molecule has 4 nitrogen and oxygen atoms in total. The van der Waals surface area contributed by atoms with Crippen LogP contribution in [0.5, 0.6) is 5.75 Å². The standard InChI is InChI=1S/C17H21NO3/c1-2-8-21-15-3-4-16-13(10-15)5-7-18(16)11-17(19)14-6-9-20-12-14/h3-5,7,10,14H,2,6,8-9,11-12H2,1H3. The van der Waals surface area contributed by atoms with Gasteiger partial charge in [0.2, 0.25) is 0 Å². The highest BCUT2D eigenvalue weighted by Crippen LogP contribution is 2.23. The van der Waals surface area contributed by atoms with Crippen molar-refractivity contribution in [1.29, 1.82) is 0 Å². The Labute approximate surface area is 124 Å². The van der Waals surface area contributed by atoms with Gasteiger partial charge in [0.15, 0.2) is 5.78 Å². The van der Waals surface area contributed by atoms with E-state index in [4.69, 9.17) is 9.47 Å². The van der Waals surface area contributed by atoms with Crippen molar-refractivity contribution in [3.8, 4) is 5.75 Å². The molecule has 1 aliphatic heterocycles. The van der Waals surface area contributed by atoms with Crippen LogP contribution in [0.15, 0.2) is 30.5 Å². The average molecular weight is 287 g/mol.